The van der Waals surface area contributed by atoms with E-state index >= 15 is 0 Å². The summed E-state index contributed by atoms with van der Waals surface area (Å²) < 4.78 is 1.75. The molecule has 0 fully saturated rings. The molecule has 2 N–H and O–H groups in total. The molecule has 0 aliphatic heterocycles. The molecule has 0 radical (unpaired) electrons. The highest BCUT2D eigenvalue weighted by atomic mass is 15.3. The summed E-state index contributed by atoms with van der Waals surface area (Å²) in [6.45, 7) is 2.20. The number of rotatable bonds is 3. The average Bonchev–Trinajstić information content (AvgIpc) is 2.26. The van der Waals surface area contributed by atoms with E-state index in [1.807, 2.05) is 12.3 Å². The van der Waals surface area contributed by atoms with Crippen LogP contribution in [0.4, 0.5) is 0 Å². The molecule has 0 atom stereocenters. The Balaban J connectivity index is 2.43. The maximum Gasteiger partial charge on any atom is 0.212 e. The molecular formula is C13H17N2+. The Morgan fingerprint density at radius 3 is 2.67 bits per heavy atom. The maximum atomic E-state index is 5.94. The normalized spacial score (nSPS) is 10.7. The van der Waals surface area contributed by atoms with E-state index in [1.165, 1.54) is 29.3 Å². The summed E-state index contributed by atoms with van der Waals surface area (Å²) in [5, 5.41) is 2.46. The lowest BCUT2D eigenvalue weighted by Gasteiger charge is -2.00. The molecule has 0 aliphatic rings. The van der Waals surface area contributed by atoms with Gasteiger partial charge in [-0.3, -0.25) is 0 Å². The topological polar surface area (TPSA) is 29.9 Å². The molecule has 1 aromatic carbocycles. The van der Waals surface area contributed by atoms with Gasteiger partial charge in [0.15, 0.2) is 0 Å². The van der Waals surface area contributed by atoms with E-state index in [0.29, 0.717) is 0 Å². The largest absolute Gasteiger partial charge is 0.212 e. The Morgan fingerprint density at radius 1 is 1.20 bits per heavy atom. The molecule has 15 heavy (non-hydrogen) atoms. The van der Waals surface area contributed by atoms with Crippen molar-refractivity contribution in [3.05, 3.63) is 42.2 Å². The van der Waals surface area contributed by atoms with Crippen LogP contribution in [-0.2, 0) is 6.42 Å². The first kappa shape index (κ1) is 9.97. The summed E-state index contributed by atoms with van der Waals surface area (Å²) in [4.78, 5) is 0. The smallest absolute Gasteiger partial charge is 0.205 e. The van der Waals surface area contributed by atoms with E-state index in [0.717, 1.165) is 6.42 Å². The Labute approximate surface area is 90.3 Å². The number of aryl methyl sites for hydroxylation is 1. The van der Waals surface area contributed by atoms with Gasteiger partial charge in [0, 0.05) is 17.9 Å². The lowest BCUT2D eigenvalue weighted by atomic mass is 10.1. The fourth-order valence-corrected chi connectivity index (χ4v) is 1.81. The molecule has 2 rings (SSSR count). The first-order chi connectivity index (χ1) is 7.31. The minimum Gasteiger partial charge on any atom is -0.205 e. The molecule has 0 saturated carbocycles. The van der Waals surface area contributed by atoms with Gasteiger partial charge >= 0.3 is 0 Å². The van der Waals surface area contributed by atoms with Crippen molar-refractivity contribution in [2.24, 2.45) is 0 Å². The SMILES string of the molecule is CCCCc1cc2ccccc2c[n+]1N. The molecule has 0 aliphatic carbocycles. The predicted octanol–water partition coefficient (Wildman–Crippen LogP) is 2.18. The average molecular weight is 201 g/mol. The summed E-state index contributed by atoms with van der Waals surface area (Å²) in [7, 11) is 0. The fraction of sp³-hybridized carbons (Fsp3) is 0.308. The Morgan fingerprint density at radius 2 is 1.93 bits per heavy atom. The number of benzene rings is 1. The number of nitrogens with two attached hydrogens (primary N) is 1. The van der Waals surface area contributed by atoms with Crippen LogP contribution in [0.2, 0.25) is 0 Å². The third-order valence-corrected chi connectivity index (χ3v) is 2.71. The molecule has 0 unspecified atom stereocenters. The quantitative estimate of drug-likeness (QED) is 0.598. The van der Waals surface area contributed by atoms with Crippen LogP contribution in [0.1, 0.15) is 25.5 Å². The van der Waals surface area contributed by atoms with Crippen molar-refractivity contribution in [1.82, 2.24) is 0 Å². The summed E-state index contributed by atoms with van der Waals surface area (Å²) in [5.41, 5.74) is 1.20. The number of pyridine rings is 1. The van der Waals surface area contributed by atoms with E-state index in [-0.39, 0.29) is 0 Å². The molecule has 2 heteroatoms. The molecule has 2 nitrogen and oxygen atoms in total. The van der Waals surface area contributed by atoms with Crippen LogP contribution in [0.15, 0.2) is 36.5 Å². The van der Waals surface area contributed by atoms with Crippen LogP contribution in [0, 0.1) is 0 Å². The molecule has 0 bridgehead atoms. The number of hydrogen-bond acceptors (Lipinski definition) is 1. The van der Waals surface area contributed by atoms with Crippen molar-refractivity contribution < 1.29 is 4.68 Å². The van der Waals surface area contributed by atoms with Crippen molar-refractivity contribution in [3.63, 3.8) is 0 Å². The van der Waals surface area contributed by atoms with Crippen molar-refractivity contribution >= 4 is 10.8 Å². The van der Waals surface area contributed by atoms with Gasteiger partial charge in [-0.2, -0.15) is 0 Å². The number of nitrogen functional groups attached to an aromatic ring is 1. The molecule has 0 amide bonds. The molecule has 0 spiro atoms. The lowest BCUT2D eigenvalue weighted by molar-refractivity contribution is -0.645. The van der Waals surface area contributed by atoms with Gasteiger partial charge in [0.2, 0.25) is 11.9 Å². The minimum atomic E-state index is 1.05. The van der Waals surface area contributed by atoms with Gasteiger partial charge in [0.05, 0.1) is 0 Å². The second-order valence-electron chi connectivity index (χ2n) is 3.90. The van der Waals surface area contributed by atoms with E-state index < -0.39 is 0 Å². The Kier molecular flexibility index (Phi) is 2.86. The van der Waals surface area contributed by atoms with Crippen molar-refractivity contribution in [2.75, 3.05) is 5.84 Å². The van der Waals surface area contributed by atoms with Gasteiger partial charge in [-0.15, -0.1) is 0 Å². The minimum absolute atomic E-state index is 1.05. The van der Waals surface area contributed by atoms with Crippen LogP contribution >= 0.6 is 0 Å². The third-order valence-electron chi connectivity index (χ3n) is 2.71. The number of aromatic nitrogens is 1. The van der Waals surface area contributed by atoms with E-state index in [2.05, 4.69) is 31.2 Å². The zero-order chi connectivity index (χ0) is 10.7. The van der Waals surface area contributed by atoms with Crippen LogP contribution in [0.5, 0.6) is 0 Å². The van der Waals surface area contributed by atoms with E-state index in [4.69, 9.17) is 5.84 Å². The van der Waals surface area contributed by atoms with Crippen molar-refractivity contribution in [1.29, 1.82) is 0 Å². The zero-order valence-electron chi connectivity index (χ0n) is 9.11. The Hall–Kier alpha value is -1.57. The zero-order valence-corrected chi connectivity index (χ0v) is 9.11. The molecule has 1 heterocycles. The molecule has 0 saturated heterocycles. The maximum absolute atomic E-state index is 5.94. The number of unbranched alkanes of at least 4 members (excludes halogenated alkanes) is 1. The Bertz CT molecular complexity index is 463. The highest BCUT2D eigenvalue weighted by molar-refractivity contribution is 5.80. The summed E-state index contributed by atoms with van der Waals surface area (Å²) in [5.74, 6) is 5.94. The lowest BCUT2D eigenvalue weighted by Crippen LogP contribution is -2.47. The van der Waals surface area contributed by atoms with Gasteiger partial charge in [0.25, 0.3) is 0 Å². The monoisotopic (exact) mass is 201 g/mol. The fourth-order valence-electron chi connectivity index (χ4n) is 1.81. The standard InChI is InChI=1S/C13H17N2/c1-2-3-8-13-9-11-6-4-5-7-12(11)10-15(13)14/h4-7,9-10H,2-3,8,14H2,1H3/q+1. The second-order valence-corrected chi connectivity index (χ2v) is 3.90. The van der Waals surface area contributed by atoms with E-state index in [1.54, 1.807) is 4.68 Å². The summed E-state index contributed by atoms with van der Waals surface area (Å²) >= 11 is 0. The number of fused-ring (bicyclic) bond motifs is 1. The van der Waals surface area contributed by atoms with Gasteiger partial charge in [-0.25, -0.2) is 5.84 Å². The van der Waals surface area contributed by atoms with Crippen LogP contribution < -0.4 is 10.5 Å². The summed E-state index contributed by atoms with van der Waals surface area (Å²) in [6.07, 6.45) is 5.44. The predicted molar refractivity (Wildman–Crippen MR) is 62.9 cm³/mol. The van der Waals surface area contributed by atoms with Crippen molar-refractivity contribution in [2.45, 2.75) is 26.2 Å². The van der Waals surface area contributed by atoms with Crippen LogP contribution in [0.3, 0.4) is 0 Å². The molecular weight excluding hydrogens is 184 g/mol. The first-order valence-corrected chi connectivity index (χ1v) is 5.49. The highest BCUT2D eigenvalue weighted by Crippen LogP contribution is 2.12. The van der Waals surface area contributed by atoms with Gasteiger partial charge in [-0.05, 0) is 17.9 Å². The number of hydrogen-bond donors (Lipinski definition) is 1. The van der Waals surface area contributed by atoms with Gasteiger partial charge < -0.3 is 0 Å². The first-order valence-electron chi connectivity index (χ1n) is 5.49. The van der Waals surface area contributed by atoms with Crippen LogP contribution in [0.25, 0.3) is 10.8 Å². The molecule has 2 aromatic rings. The highest BCUT2D eigenvalue weighted by Gasteiger charge is 2.08. The van der Waals surface area contributed by atoms with Gasteiger partial charge in [0.1, 0.15) is 0 Å². The third kappa shape index (κ3) is 2.09. The van der Waals surface area contributed by atoms with Crippen LogP contribution in [-0.4, -0.2) is 0 Å². The molecule has 1 aromatic heterocycles. The number of nitrogens with zero attached hydrogens (tertiary/aromatic N) is 1. The van der Waals surface area contributed by atoms with E-state index in [9.17, 15) is 0 Å². The van der Waals surface area contributed by atoms with Gasteiger partial charge in [-0.1, -0.05) is 36.2 Å². The van der Waals surface area contributed by atoms with Crippen molar-refractivity contribution in [3.8, 4) is 0 Å². The second kappa shape index (κ2) is 4.30. The summed E-state index contributed by atoms with van der Waals surface area (Å²) in [6, 6.07) is 10.5. The molecule has 78 valence electrons.